The van der Waals surface area contributed by atoms with Crippen molar-refractivity contribution >= 4 is 49.3 Å². The molecule has 3 aromatic rings. The number of fused-ring (bicyclic) bond motifs is 1. The number of nitrogens with one attached hydrogen (secondary N) is 1. The van der Waals surface area contributed by atoms with Crippen LogP contribution in [0.5, 0.6) is 0 Å². The number of carbonyl (C=O) groups is 1. The first-order valence-corrected chi connectivity index (χ1v) is 9.16. The molecule has 0 atom stereocenters. The van der Waals surface area contributed by atoms with E-state index in [1.165, 1.54) is 11.5 Å². The van der Waals surface area contributed by atoms with E-state index in [2.05, 4.69) is 43.7 Å². The van der Waals surface area contributed by atoms with Crippen molar-refractivity contribution in [3.05, 3.63) is 28.9 Å². The van der Waals surface area contributed by atoms with Crippen LogP contribution >= 0.6 is 27.5 Å². The number of aryl methyl sites for hydroxylation is 1. The Hall–Kier alpha value is -1.73. The predicted molar refractivity (Wildman–Crippen MR) is 95.6 cm³/mol. The number of rotatable bonds is 4. The highest BCUT2D eigenvalue weighted by Crippen LogP contribution is 2.39. The Kier molecular flexibility index (Phi) is 3.69. The molecule has 1 aliphatic rings. The summed E-state index contributed by atoms with van der Waals surface area (Å²) in [6.45, 7) is 2.92. The largest absolute Gasteiger partial charge is 0.315 e. The quantitative estimate of drug-likeness (QED) is 0.722. The molecule has 0 saturated heterocycles. The summed E-state index contributed by atoms with van der Waals surface area (Å²) in [6.07, 6.45) is 4.02. The third kappa shape index (κ3) is 2.79. The average molecular weight is 391 g/mol. The molecule has 7 heteroatoms. The minimum atomic E-state index is 0.0978. The van der Waals surface area contributed by atoms with Gasteiger partial charge in [-0.15, -0.1) is 0 Å². The van der Waals surface area contributed by atoms with Gasteiger partial charge in [0.05, 0.1) is 9.99 Å². The van der Waals surface area contributed by atoms with Crippen LogP contribution in [0.1, 0.15) is 19.8 Å². The molecule has 1 amide bonds. The van der Waals surface area contributed by atoms with Gasteiger partial charge in [-0.2, -0.15) is 9.47 Å². The number of nitrogens with zero attached hydrogens (tertiary/aromatic N) is 3. The standard InChI is InChI=1S/C16H15BrN4OS/c1-2-21-8-11-7-10(5-6-12(11)19-21)14-13(17)16(23-20-14)18-15(22)9-3-4-9/h5-9H,2-4H2,1H3,(H,18,22). The van der Waals surface area contributed by atoms with Crippen LogP contribution in [0.2, 0.25) is 0 Å². The number of anilines is 1. The Morgan fingerprint density at radius 3 is 3.04 bits per heavy atom. The highest BCUT2D eigenvalue weighted by atomic mass is 79.9. The van der Waals surface area contributed by atoms with E-state index in [1.54, 1.807) is 0 Å². The molecule has 118 valence electrons. The number of hydrogen-bond donors (Lipinski definition) is 1. The van der Waals surface area contributed by atoms with Crippen molar-refractivity contribution in [2.45, 2.75) is 26.3 Å². The van der Waals surface area contributed by atoms with E-state index >= 15 is 0 Å². The maximum absolute atomic E-state index is 11.9. The van der Waals surface area contributed by atoms with Crippen molar-refractivity contribution in [3.8, 4) is 11.3 Å². The first kappa shape index (κ1) is 14.8. The van der Waals surface area contributed by atoms with Crippen LogP contribution in [0.15, 0.2) is 28.9 Å². The molecule has 0 bridgehead atoms. The molecule has 2 heterocycles. The summed E-state index contributed by atoms with van der Waals surface area (Å²) in [7, 11) is 0. The SMILES string of the molecule is CCn1cc2cc(-c3nsc(NC(=O)C4CC4)c3Br)ccc2n1. The molecule has 1 fully saturated rings. The fourth-order valence-corrected chi connectivity index (χ4v) is 3.94. The van der Waals surface area contributed by atoms with Crippen molar-refractivity contribution in [1.82, 2.24) is 14.2 Å². The van der Waals surface area contributed by atoms with Crippen LogP contribution in [0, 0.1) is 5.92 Å². The van der Waals surface area contributed by atoms with E-state index in [4.69, 9.17) is 0 Å². The topological polar surface area (TPSA) is 59.8 Å². The Labute approximate surface area is 146 Å². The van der Waals surface area contributed by atoms with Crippen LogP contribution in [-0.2, 0) is 11.3 Å². The van der Waals surface area contributed by atoms with Gasteiger partial charge in [0, 0.05) is 29.6 Å². The van der Waals surface area contributed by atoms with E-state index in [0.717, 1.165) is 51.0 Å². The zero-order valence-electron chi connectivity index (χ0n) is 12.5. The van der Waals surface area contributed by atoms with Crippen LogP contribution in [0.4, 0.5) is 5.00 Å². The number of hydrogen-bond acceptors (Lipinski definition) is 4. The van der Waals surface area contributed by atoms with Gasteiger partial charge in [-0.05, 0) is 59.4 Å². The Morgan fingerprint density at radius 1 is 1.48 bits per heavy atom. The van der Waals surface area contributed by atoms with E-state index < -0.39 is 0 Å². The molecule has 1 saturated carbocycles. The predicted octanol–water partition coefficient (Wildman–Crippen LogP) is 4.29. The summed E-state index contributed by atoms with van der Waals surface area (Å²) in [5, 5.41) is 9.33. The van der Waals surface area contributed by atoms with Crippen LogP contribution < -0.4 is 5.32 Å². The molecule has 4 rings (SSSR count). The summed E-state index contributed by atoms with van der Waals surface area (Å²) in [5.41, 5.74) is 2.85. The maximum atomic E-state index is 11.9. The van der Waals surface area contributed by atoms with E-state index in [0.29, 0.717) is 0 Å². The first-order valence-electron chi connectivity index (χ1n) is 7.59. The maximum Gasteiger partial charge on any atom is 0.228 e. The average Bonchev–Trinajstić information content (AvgIpc) is 3.24. The summed E-state index contributed by atoms with van der Waals surface area (Å²) >= 11 is 4.89. The van der Waals surface area contributed by atoms with Crippen molar-refractivity contribution < 1.29 is 4.79 Å². The Balaban J connectivity index is 1.66. The van der Waals surface area contributed by atoms with Gasteiger partial charge in [0.1, 0.15) is 10.7 Å². The lowest BCUT2D eigenvalue weighted by molar-refractivity contribution is -0.117. The number of amides is 1. The molecule has 23 heavy (non-hydrogen) atoms. The molecule has 1 aromatic carbocycles. The molecule has 0 spiro atoms. The highest BCUT2D eigenvalue weighted by Gasteiger charge is 2.30. The molecular formula is C16H15BrN4OS. The second kappa shape index (κ2) is 5.72. The normalized spacial score (nSPS) is 14.3. The molecular weight excluding hydrogens is 376 g/mol. The number of benzene rings is 1. The van der Waals surface area contributed by atoms with Crippen molar-refractivity contribution in [3.63, 3.8) is 0 Å². The lowest BCUT2D eigenvalue weighted by Gasteiger charge is -2.02. The summed E-state index contributed by atoms with van der Waals surface area (Å²) in [6, 6.07) is 6.10. The van der Waals surface area contributed by atoms with E-state index in [-0.39, 0.29) is 11.8 Å². The fourth-order valence-electron chi connectivity index (χ4n) is 2.48. The van der Waals surface area contributed by atoms with E-state index in [9.17, 15) is 4.79 Å². The zero-order chi connectivity index (χ0) is 16.0. The number of carbonyl (C=O) groups excluding carboxylic acids is 1. The first-order chi connectivity index (χ1) is 11.2. The lowest BCUT2D eigenvalue weighted by Crippen LogP contribution is -2.12. The summed E-state index contributed by atoms with van der Waals surface area (Å²) in [4.78, 5) is 11.9. The third-order valence-electron chi connectivity index (χ3n) is 3.97. The highest BCUT2D eigenvalue weighted by molar-refractivity contribution is 9.10. The lowest BCUT2D eigenvalue weighted by atomic mass is 10.1. The molecule has 5 nitrogen and oxygen atoms in total. The van der Waals surface area contributed by atoms with Crippen LogP contribution in [-0.4, -0.2) is 20.1 Å². The molecule has 0 aliphatic heterocycles. The van der Waals surface area contributed by atoms with Gasteiger partial charge in [0.2, 0.25) is 5.91 Å². The smallest absolute Gasteiger partial charge is 0.228 e. The molecule has 2 aromatic heterocycles. The van der Waals surface area contributed by atoms with Gasteiger partial charge >= 0.3 is 0 Å². The van der Waals surface area contributed by atoms with Gasteiger partial charge in [0.15, 0.2) is 0 Å². The van der Waals surface area contributed by atoms with Crippen molar-refractivity contribution in [1.29, 1.82) is 0 Å². The van der Waals surface area contributed by atoms with Gasteiger partial charge in [-0.3, -0.25) is 9.48 Å². The van der Waals surface area contributed by atoms with Gasteiger partial charge in [-0.1, -0.05) is 6.07 Å². The summed E-state index contributed by atoms with van der Waals surface area (Å²) in [5.74, 6) is 0.282. The zero-order valence-corrected chi connectivity index (χ0v) is 14.9. The second-order valence-corrected chi connectivity index (χ2v) is 7.26. The van der Waals surface area contributed by atoms with Gasteiger partial charge in [-0.25, -0.2) is 0 Å². The Bertz CT molecular complexity index is 897. The molecule has 1 N–H and O–H groups in total. The fraction of sp³-hybridized carbons (Fsp3) is 0.312. The minimum absolute atomic E-state index is 0.0978. The van der Waals surface area contributed by atoms with Gasteiger partial charge < -0.3 is 5.32 Å². The number of halogens is 1. The molecule has 0 radical (unpaired) electrons. The van der Waals surface area contributed by atoms with Crippen molar-refractivity contribution in [2.75, 3.05) is 5.32 Å². The third-order valence-corrected chi connectivity index (χ3v) is 5.77. The summed E-state index contributed by atoms with van der Waals surface area (Å²) < 4.78 is 7.27. The number of aromatic nitrogens is 3. The van der Waals surface area contributed by atoms with Crippen LogP contribution in [0.25, 0.3) is 22.2 Å². The minimum Gasteiger partial charge on any atom is -0.315 e. The van der Waals surface area contributed by atoms with Crippen molar-refractivity contribution in [2.24, 2.45) is 5.92 Å². The van der Waals surface area contributed by atoms with Gasteiger partial charge in [0.25, 0.3) is 0 Å². The molecule has 1 aliphatic carbocycles. The van der Waals surface area contributed by atoms with Crippen LogP contribution in [0.3, 0.4) is 0 Å². The second-order valence-electron chi connectivity index (χ2n) is 5.70. The monoisotopic (exact) mass is 390 g/mol. The molecule has 0 unspecified atom stereocenters. The van der Waals surface area contributed by atoms with E-state index in [1.807, 2.05) is 23.0 Å². The Morgan fingerprint density at radius 2 is 2.30 bits per heavy atom.